The molecule has 1 unspecified atom stereocenters. The summed E-state index contributed by atoms with van der Waals surface area (Å²) in [5.74, 6) is 5.69. The third-order valence-electron chi connectivity index (χ3n) is 3.35. The third-order valence-corrected chi connectivity index (χ3v) is 3.59. The fraction of sp³-hybridized carbons (Fsp3) is 0.538. The highest BCUT2D eigenvalue weighted by atomic mass is 35.5. The largest absolute Gasteiger partial charge is 0.371 e. The molecule has 1 aromatic carbocycles. The lowest BCUT2D eigenvalue weighted by Crippen LogP contribution is -2.38. The van der Waals surface area contributed by atoms with Crippen LogP contribution in [0.5, 0.6) is 0 Å². The van der Waals surface area contributed by atoms with E-state index in [1.807, 2.05) is 12.1 Å². The summed E-state index contributed by atoms with van der Waals surface area (Å²) in [4.78, 5) is 7.17. The Kier molecular flexibility index (Phi) is 4.26. The van der Waals surface area contributed by atoms with Crippen molar-refractivity contribution in [1.29, 1.82) is 0 Å². The molecule has 0 aliphatic carbocycles. The van der Waals surface area contributed by atoms with E-state index in [0.29, 0.717) is 12.5 Å². The predicted molar refractivity (Wildman–Crippen MR) is 71.3 cm³/mol. The Bertz CT molecular complexity index is 382. The number of piperidine rings is 1. The van der Waals surface area contributed by atoms with Crippen LogP contribution in [0, 0.1) is 12.8 Å². The summed E-state index contributed by atoms with van der Waals surface area (Å²) in [5, 5.41) is 0.796. The van der Waals surface area contributed by atoms with Crippen molar-refractivity contribution in [2.45, 2.75) is 19.8 Å². The minimum absolute atomic E-state index is 0.531. The van der Waals surface area contributed by atoms with Crippen molar-refractivity contribution in [2.24, 2.45) is 11.8 Å². The van der Waals surface area contributed by atoms with Crippen LogP contribution in [0.15, 0.2) is 18.2 Å². The molecule has 0 bridgehead atoms. The van der Waals surface area contributed by atoms with Gasteiger partial charge < -0.3 is 9.74 Å². The molecule has 2 rings (SSSR count). The number of aryl methyl sites for hydroxylation is 1. The van der Waals surface area contributed by atoms with Gasteiger partial charge in [0, 0.05) is 29.7 Å². The van der Waals surface area contributed by atoms with Gasteiger partial charge >= 0.3 is 0 Å². The normalized spacial score (nSPS) is 20.6. The van der Waals surface area contributed by atoms with Gasteiger partial charge in [-0.3, -0.25) is 0 Å². The quantitative estimate of drug-likeness (QED) is 0.843. The van der Waals surface area contributed by atoms with Gasteiger partial charge in [0.05, 0.1) is 6.61 Å². The molecule has 0 spiro atoms. The van der Waals surface area contributed by atoms with Crippen molar-refractivity contribution < 1.29 is 4.84 Å². The molecule has 94 valence electrons. The lowest BCUT2D eigenvalue weighted by molar-refractivity contribution is 0.0951. The van der Waals surface area contributed by atoms with Crippen molar-refractivity contribution in [3.8, 4) is 0 Å². The Morgan fingerprint density at radius 3 is 3.06 bits per heavy atom. The lowest BCUT2D eigenvalue weighted by atomic mass is 9.98. The van der Waals surface area contributed by atoms with Gasteiger partial charge in [-0.05, 0) is 43.5 Å². The van der Waals surface area contributed by atoms with Crippen LogP contribution in [-0.2, 0) is 4.84 Å². The van der Waals surface area contributed by atoms with Gasteiger partial charge in [0.15, 0.2) is 0 Å². The van der Waals surface area contributed by atoms with Crippen LogP contribution in [0.1, 0.15) is 18.4 Å². The number of rotatable bonds is 3. The molecule has 1 fully saturated rings. The van der Waals surface area contributed by atoms with E-state index in [0.717, 1.165) is 18.1 Å². The Labute approximate surface area is 107 Å². The van der Waals surface area contributed by atoms with Gasteiger partial charge in [0.25, 0.3) is 0 Å². The lowest BCUT2D eigenvalue weighted by Gasteiger charge is -2.34. The molecule has 1 heterocycles. The first-order valence-corrected chi connectivity index (χ1v) is 6.41. The van der Waals surface area contributed by atoms with E-state index >= 15 is 0 Å². The highest BCUT2D eigenvalue weighted by Crippen LogP contribution is 2.28. The second-order valence-electron chi connectivity index (χ2n) is 4.72. The summed E-state index contributed by atoms with van der Waals surface area (Å²) >= 11 is 5.98. The number of hydrogen-bond acceptors (Lipinski definition) is 3. The standard InChI is InChI=1S/C13H19ClN2O/c1-10-7-12(14)4-5-13(10)16-6-2-3-11(8-16)9-17-15/h4-5,7,11H,2-3,6,8-9,15H2,1H3. The van der Waals surface area contributed by atoms with Gasteiger partial charge in [0.1, 0.15) is 0 Å². The molecule has 0 radical (unpaired) electrons. The zero-order valence-electron chi connectivity index (χ0n) is 10.2. The minimum Gasteiger partial charge on any atom is -0.371 e. The van der Waals surface area contributed by atoms with Gasteiger partial charge in [0.2, 0.25) is 0 Å². The average molecular weight is 255 g/mol. The molecule has 1 aromatic rings. The molecule has 1 aliphatic heterocycles. The van der Waals surface area contributed by atoms with Crippen molar-refractivity contribution in [1.82, 2.24) is 0 Å². The first-order valence-electron chi connectivity index (χ1n) is 6.03. The minimum atomic E-state index is 0.531. The smallest absolute Gasteiger partial charge is 0.0724 e. The Balaban J connectivity index is 2.10. The summed E-state index contributed by atoms with van der Waals surface area (Å²) in [5.41, 5.74) is 2.50. The van der Waals surface area contributed by atoms with E-state index < -0.39 is 0 Å². The molecule has 1 aliphatic rings. The summed E-state index contributed by atoms with van der Waals surface area (Å²) in [6.07, 6.45) is 2.39. The number of halogens is 1. The zero-order valence-corrected chi connectivity index (χ0v) is 10.9. The molecular weight excluding hydrogens is 236 g/mol. The van der Waals surface area contributed by atoms with Crippen LogP contribution in [-0.4, -0.2) is 19.7 Å². The van der Waals surface area contributed by atoms with E-state index in [2.05, 4.69) is 17.9 Å². The molecule has 4 heteroatoms. The molecule has 0 aromatic heterocycles. The predicted octanol–water partition coefficient (Wildman–Crippen LogP) is 2.76. The summed E-state index contributed by atoms with van der Waals surface area (Å²) in [7, 11) is 0. The Hall–Kier alpha value is -0.770. The topological polar surface area (TPSA) is 38.5 Å². The van der Waals surface area contributed by atoms with Gasteiger partial charge in [-0.25, -0.2) is 5.90 Å². The number of benzene rings is 1. The number of hydrogen-bond donors (Lipinski definition) is 1. The maximum atomic E-state index is 5.98. The van der Waals surface area contributed by atoms with Crippen LogP contribution in [0.25, 0.3) is 0 Å². The van der Waals surface area contributed by atoms with E-state index in [4.69, 9.17) is 22.3 Å². The molecule has 1 atom stereocenters. The molecular formula is C13H19ClN2O. The highest BCUT2D eigenvalue weighted by Gasteiger charge is 2.21. The summed E-state index contributed by atoms with van der Waals surface area (Å²) in [6.45, 7) is 4.86. The number of anilines is 1. The van der Waals surface area contributed by atoms with Gasteiger partial charge in [-0.2, -0.15) is 0 Å². The van der Waals surface area contributed by atoms with E-state index in [9.17, 15) is 0 Å². The molecule has 2 N–H and O–H groups in total. The third kappa shape index (κ3) is 3.12. The molecule has 17 heavy (non-hydrogen) atoms. The fourth-order valence-electron chi connectivity index (χ4n) is 2.53. The molecule has 0 saturated carbocycles. The molecule has 1 saturated heterocycles. The first-order chi connectivity index (χ1) is 8.20. The Morgan fingerprint density at radius 2 is 2.35 bits per heavy atom. The summed E-state index contributed by atoms with van der Waals surface area (Å²) < 4.78 is 0. The van der Waals surface area contributed by atoms with E-state index in [1.165, 1.54) is 24.1 Å². The van der Waals surface area contributed by atoms with Crippen molar-refractivity contribution >= 4 is 17.3 Å². The SMILES string of the molecule is Cc1cc(Cl)ccc1N1CCCC(CON)C1. The van der Waals surface area contributed by atoms with Crippen molar-refractivity contribution in [2.75, 3.05) is 24.6 Å². The van der Waals surface area contributed by atoms with Crippen LogP contribution in [0.2, 0.25) is 5.02 Å². The molecule has 3 nitrogen and oxygen atoms in total. The van der Waals surface area contributed by atoms with E-state index in [1.54, 1.807) is 0 Å². The van der Waals surface area contributed by atoms with Crippen LogP contribution < -0.4 is 10.8 Å². The second-order valence-corrected chi connectivity index (χ2v) is 5.15. The van der Waals surface area contributed by atoms with Crippen LogP contribution >= 0.6 is 11.6 Å². The summed E-state index contributed by atoms with van der Waals surface area (Å²) in [6, 6.07) is 6.07. The molecule has 0 amide bonds. The Morgan fingerprint density at radius 1 is 1.53 bits per heavy atom. The van der Waals surface area contributed by atoms with Gasteiger partial charge in [-0.15, -0.1) is 0 Å². The highest BCUT2D eigenvalue weighted by molar-refractivity contribution is 6.30. The maximum absolute atomic E-state index is 5.98. The second kappa shape index (κ2) is 5.71. The number of nitrogens with zero attached hydrogens (tertiary/aromatic N) is 1. The van der Waals surface area contributed by atoms with Crippen LogP contribution in [0.3, 0.4) is 0 Å². The first kappa shape index (κ1) is 12.7. The number of nitrogens with two attached hydrogens (primary N) is 1. The maximum Gasteiger partial charge on any atom is 0.0724 e. The van der Waals surface area contributed by atoms with Gasteiger partial charge in [-0.1, -0.05) is 11.6 Å². The van der Waals surface area contributed by atoms with Crippen LogP contribution in [0.4, 0.5) is 5.69 Å². The average Bonchev–Trinajstić information content (AvgIpc) is 2.29. The van der Waals surface area contributed by atoms with Crippen molar-refractivity contribution in [3.05, 3.63) is 28.8 Å². The van der Waals surface area contributed by atoms with E-state index in [-0.39, 0.29) is 0 Å². The zero-order chi connectivity index (χ0) is 12.3. The fourth-order valence-corrected chi connectivity index (χ4v) is 2.76. The van der Waals surface area contributed by atoms with Crippen molar-refractivity contribution in [3.63, 3.8) is 0 Å². The monoisotopic (exact) mass is 254 g/mol.